The van der Waals surface area contributed by atoms with Crippen LogP contribution >= 0.6 is 0 Å². The number of nitrogens with one attached hydrogen (secondary N) is 2. The standard InChI is InChI=1S/C34H47N3O5/c38-32(36-42-33-19-8-9-24-40-33)18-3-1-2-12-27(25-41-31-17-10-13-26-11-4-7-16-30(26)31)34(39)35-28-20-22-37(23-21-28)29-14-5-6-15-29/h4,7,10-13,16-17,28-29,33H,1-3,5-6,8-9,14-15,18-25H2,(H,35,39)(H,36,38). The molecule has 5 rings (SSSR count). The Balaban J connectivity index is 1.12. The second-order valence-electron chi connectivity index (χ2n) is 11.9. The number of hydroxylamine groups is 1. The lowest BCUT2D eigenvalue weighted by Crippen LogP contribution is -2.47. The van der Waals surface area contributed by atoms with Crippen molar-refractivity contribution in [2.45, 2.75) is 102 Å². The van der Waals surface area contributed by atoms with Crippen molar-refractivity contribution in [3.8, 4) is 5.75 Å². The predicted molar refractivity (Wildman–Crippen MR) is 164 cm³/mol. The first-order valence-corrected chi connectivity index (χ1v) is 16.1. The van der Waals surface area contributed by atoms with Gasteiger partial charge < -0.3 is 19.7 Å². The summed E-state index contributed by atoms with van der Waals surface area (Å²) < 4.78 is 11.7. The number of benzene rings is 2. The van der Waals surface area contributed by atoms with Crippen LogP contribution in [0.15, 0.2) is 54.1 Å². The van der Waals surface area contributed by atoms with E-state index in [0.717, 1.165) is 74.2 Å². The third-order valence-electron chi connectivity index (χ3n) is 8.82. The minimum Gasteiger partial charge on any atom is -0.488 e. The van der Waals surface area contributed by atoms with E-state index in [0.29, 0.717) is 31.4 Å². The molecule has 2 aromatic carbocycles. The summed E-state index contributed by atoms with van der Waals surface area (Å²) in [5.74, 6) is 0.581. The summed E-state index contributed by atoms with van der Waals surface area (Å²) in [5.41, 5.74) is 3.16. The number of fused-ring (bicyclic) bond motifs is 1. The number of nitrogens with zero attached hydrogens (tertiary/aromatic N) is 1. The van der Waals surface area contributed by atoms with Gasteiger partial charge in [0.05, 0.1) is 5.57 Å². The van der Waals surface area contributed by atoms with Gasteiger partial charge in [-0.25, -0.2) is 10.3 Å². The number of amides is 2. The molecule has 2 saturated heterocycles. The molecule has 1 unspecified atom stereocenters. The van der Waals surface area contributed by atoms with Crippen LogP contribution in [0.25, 0.3) is 10.8 Å². The van der Waals surface area contributed by atoms with Gasteiger partial charge in [0, 0.05) is 50.0 Å². The highest BCUT2D eigenvalue weighted by Crippen LogP contribution is 2.27. The fraction of sp³-hybridized carbons (Fsp3) is 0.588. The molecule has 2 amide bonds. The van der Waals surface area contributed by atoms with Crippen LogP contribution < -0.4 is 15.5 Å². The van der Waals surface area contributed by atoms with Gasteiger partial charge in [0.25, 0.3) is 5.91 Å². The molecule has 2 aliphatic heterocycles. The monoisotopic (exact) mass is 577 g/mol. The van der Waals surface area contributed by atoms with E-state index in [-0.39, 0.29) is 30.8 Å². The maximum atomic E-state index is 13.5. The van der Waals surface area contributed by atoms with Crippen LogP contribution in [0.2, 0.25) is 0 Å². The normalized spacial score (nSPS) is 21.0. The topological polar surface area (TPSA) is 89.1 Å². The first kappa shape index (κ1) is 30.5. The van der Waals surface area contributed by atoms with E-state index in [2.05, 4.69) is 27.8 Å². The highest BCUT2D eigenvalue weighted by molar-refractivity contribution is 5.94. The number of ether oxygens (including phenoxy) is 2. The summed E-state index contributed by atoms with van der Waals surface area (Å²) in [4.78, 5) is 33.7. The number of rotatable bonds is 13. The Kier molecular flexibility index (Phi) is 11.7. The minimum absolute atomic E-state index is 0.0480. The van der Waals surface area contributed by atoms with Gasteiger partial charge in [-0.1, -0.05) is 55.3 Å². The van der Waals surface area contributed by atoms with Crippen LogP contribution in [0.1, 0.15) is 83.5 Å². The van der Waals surface area contributed by atoms with Crippen molar-refractivity contribution < 1.29 is 23.9 Å². The molecule has 3 fully saturated rings. The molecular formula is C34H47N3O5. The molecule has 8 heteroatoms. The molecule has 0 spiro atoms. The number of hydrogen-bond donors (Lipinski definition) is 2. The Hall–Kier alpha value is -2.94. The van der Waals surface area contributed by atoms with Crippen molar-refractivity contribution in [1.29, 1.82) is 0 Å². The van der Waals surface area contributed by atoms with E-state index in [1.165, 1.54) is 25.7 Å². The van der Waals surface area contributed by atoms with Crippen molar-refractivity contribution in [1.82, 2.24) is 15.7 Å². The maximum Gasteiger partial charge on any atom is 0.250 e. The van der Waals surface area contributed by atoms with Gasteiger partial charge in [-0.2, -0.15) is 0 Å². The quantitative estimate of drug-likeness (QED) is 0.178. The van der Waals surface area contributed by atoms with Crippen molar-refractivity contribution in [2.75, 3.05) is 26.3 Å². The summed E-state index contributed by atoms with van der Waals surface area (Å²) in [6.45, 7) is 2.99. The molecule has 1 saturated carbocycles. The molecule has 1 atom stereocenters. The van der Waals surface area contributed by atoms with Gasteiger partial charge in [0.15, 0.2) is 6.29 Å². The van der Waals surface area contributed by atoms with Crippen molar-refractivity contribution in [2.24, 2.45) is 0 Å². The molecule has 2 N–H and O–H groups in total. The number of carbonyl (C=O) groups is 2. The Morgan fingerprint density at radius 1 is 0.929 bits per heavy atom. The van der Waals surface area contributed by atoms with Crippen LogP contribution in [0.4, 0.5) is 0 Å². The predicted octanol–water partition coefficient (Wildman–Crippen LogP) is 5.80. The number of carbonyl (C=O) groups excluding carboxylic acids is 2. The second kappa shape index (κ2) is 16.1. The Labute approximate surface area is 250 Å². The SMILES string of the molecule is O=C(CCCCC=C(COc1cccc2ccccc12)C(=O)NC1CCN(C2CCCC2)CC1)NOC1CCCCO1. The molecule has 228 valence electrons. The summed E-state index contributed by atoms with van der Waals surface area (Å²) in [7, 11) is 0. The van der Waals surface area contributed by atoms with Gasteiger partial charge in [-0.3, -0.25) is 9.59 Å². The van der Waals surface area contributed by atoms with Crippen molar-refractivity contribution in [3.63, 3.8) is 0 Å². The van der Waals surface area contributed by atoms with Gasteiger partial charge in [-0.15, -0.1) is 0 Å². The third kappa shape index (κ3) is 9.03. The van der Waals surface area contributed by atoms with Crippen LogP contribution in [-0.2, 0) is 19.2 Å². The second-order valence-corrected chi connectivity index (χ2v) is 11.9. The molecule has 8 nitrogen and oxygen atoms in total. The Morgan fingerprint density at radius 2 is 1.71 bits per heavy atom. The van der Waals surface area contributed by atoms with E-state index in [1.807, 2.05) is 36.4 Å². The van der Waals surface area contributed by atoms with Gasteiger partial charge >= 0.3 is 0 Å². The largest absolute Gasteiger partial charge is 0.488 e. The first-order valence-electron chi connectivity index (χ1n) is 16.1. The Bertz CT molecular complexity index is 1180. The minimum atomic E-state index is -0.344. The van der Waals surface area contributed by atoms with Crippen LogP contribution in [-0.4, -0.2) is 61.4 Å². The highest BCUT2D eigenvalue weighted by Gasteiger charge is 2.28. The Morgan fingerprint density at radius 3 is 2.52 bits per heavy atom. The maximum absolute atomic E-state index is 13.5. The lowest BCUT2D eigenvalue weighted by Gasteiger charge is -2.36. The van der Waals surface area contributed by atoms with E-state index < -0.39 is 0 Å². The fourth-order valence-corrected chi connectivity index (χ4v) is 6.34. The zero-order chi connectivity index (χ0) is 29.0. The summed E-state index contributed by atoms with van der Waals surface area (Å²) in [6.07, 6.45) is 14.4. The van der Waals surface area contributed by atoms with Crippen LogP contribution in [0.3, 0.4) is 0 Å². The fourth-order valence-electron chi connectivity index (χ4n) is 6.34. The number of piperidine rings is 1. The molecule has 2 aromatic rings. The molecular weight excluding hydrogens is 530 g/mol. The highest BCUT2D eigenvalue weighted by atomic mass is 16.8. The van der Waals surface area contributed by atoms with Crippen LogP contribution in [0, 0.1) is 0 Å². The average Bonchev–Trinajstić information content (AvgIpc) is 3.57. The van der Waals surface area contributed by atoms with E-state index >= 15 is 0 Å². The molecule has 0 radical (unpaired) electrons. The summed E-state index contributed by atoms with van der Waals surface area (Å²) in [6, 6.07) is 15.0. The van der Waals surface area contributed by atoms with Gasteiger partial charge in [0.2, 0.25) is 5.91 Å². The van der Waals surface area contributed by atoms with Crippen LogP contribution in [0.5, 0.6) is 5.75 Å². The van der Waals surface area contributed by atoms with E-state index in [9.17, 15) is 9.59 Å². The number of hydrogen-bond acceptors (Lipinski definition) is 6. The molecule has 0 bridgehead atoms. The number of allylic oxidation sites excluding steroid dienone is 1. The molecule has 0 aromatic heterocycles. The number of unbranched alkanes of at least 4 members (excludes halogenated alkanes) is 2. The first-order chi connectivity index (χ1) is 20.7. The lowest BCUT2D eigenvalue weighted by atomic mass is 10.0. The van der Waals surface area contributed by atoms with E-state index in [1.54, 1.807) is 0 Å². The smallest absolute Gasteiger partial charge is 0.250 e. The zero-order valence-electron chi connectivity index (χ0n) is 24.9. The molecule has 42 heavy (non-hydrogen) atoms. The zero-order valence-corrected chi connectivity index (χ0v) is 24.9. The number of likely N-dealkylation sites (tertiary alicyclic amines) is 1. The average molecular weight is 578 g/mol. The lowest BCUT2D eigenvalue weighted by molar-refractivity contribution is -0.200. The van der Waals surface area contributed by atoms with Crippen molar-refractivity contribution in [3.05, 3.63) is 54.1 Å². The summed E-state index contributed by atoms with van der Waals surface area (Å²) >= 11 is 0. The van der Waals surface area contributed by atoms with Gasteiger partial charge in [-0.05, 0) is 69.2 Å². The molecule has 1 aliphatic carbocycles. The molecule has 2 heterocycles. The molecule has 3 aliphatic rings. The van der Waals surface area contributed by atoms with E-state index in [4.69, 9.17) is 14.3 Å². The van der Waals surface area contributed by atoms with Crippen molar-refractivity contribution >= 4 is 22.6 Å². The third-order valence-corrected chi connectivity index (χ3v) is 8.82. The summed E-state index contributed by atoms with van der Waals surface area (Å²) in [5, 5.41) is 5.45. The van der Waals surface area contributed by atoms with Gasteiger partial charge in [0.1, 0.15) is 12.4 Å².